The number of nitrogens with one attached hydrogen (secondary N) is 1. The van der Waals surface area contributed by atoms with Crippen molar-refractivity contribution in [3.63, 3.8) is 0 Å². The van der Waals surface area contributed by atoms with Gasteiger partial charge < -0.3 is 9.32 Å². The van der Waals surface area contributed by atoms with E-state index in [2.05, 4.69) is 10.3 Å². The first kappa shape index (κ1) is 13.7. The summed E-state index contributed by atoms with van der Waals surface area (Å²) in [6.07, 6.45) is 1.68. The first-order chi connectivity index (χ1) is 7.91. The van der Waals surface area contributed by atoms with Crippen LogP contribution in [0.5, 0.6) is 0 Å². The van der Waals surface area contributed by atoms with Crippen LogP contribution in [0.25, 0.3) is 0 Å². The van der Waals surface area contributed by atoms with E-state index in [0.29, 0.717) is 5.89 Å². The second-order valence-corrected chi connectivity index (χ2v) is 4.51. The summed E-state index contributed by atoms with van der Waals surface area (Å²) in [6.45, 7) is 8.03. The number of nitrogens with zero attached hydrogens (tertiary/aromatic N) is 2. The van der Waals surface area contributed by atoms with Crippen molar-refractivity contribution < 1.29 is 9.21 Å². The van der Waals surface area contributed by atoms with Crippen LogP contribution in [0.15, 0.2) is 10.6 Å². The van der Waals surface area contributed by atoms with E-state index in [1.165, 1.54) is 0 Å². The predicted molar refractivity (Wildman–Crippen MR) is 65.6 cm³/mol. The number of carbonyl (C=O) groups is 1. The summed E-state index contributed by atoms with van der Waals surface area (Å²) in [5, 5.41) is 3.10. The van der Waals surface area contributed by atoms with Gasteiger partial charge in [0.1, 0.15) is 5.76 Å². The van der Waals surface area contributed by atoms with Gasteiger partial charge in [0.25, 0.3) is 0 Å². The number of amides is 1. The number of hydrogen-bond donors (Lipinski definition) is 1. The third-order valence-electron chi connectivity index (χ3n) is 2.74. The van der Waals surface area contributed by atoms with Gasteiger partial charge in [-0.1, -0.05) is 0 Å². The highest BCUT2D eigenvalue weighted by Gasteiger charge is 2.15. The zero-order valence-electron chi connectivity index (χ0n) is 11.2. The average molecular weight is 239 g/mol. The molecular formula is C12H21N3O2. The molecule has 0 spiro atoms. The van der Waals surface area contributed by atoms with Crippen molar-refractivity contribution in [3.8, 4) is 0 Å². The first-order valence-corrected chi connectivity index (χ1v) is 5.83. The van der Waals surface area contributed by atoms with Gasteiger partial charge in [0, 0.05) is 13.1 Å². The molecular weight excluding hydrogens is 218 g/mol. The number of aryl methyl sites for hydroxylation is 1. The minimum atomic E-state index is -0.0618. The van der Waals surface area contributed by atoms with Crippen LogP contribution in [-0.4, -0.2) is 35.4 Å². The van der Waals surface area contributed by atoms with E-state index < -0.39 is 0 Å². The summed E-state index contributed by atoms with van der Waals surface area (Å²) < 4.78 is 5.39. The van der Waals surface area contributed by atoms with Gasteiger partial charge in [0.15, 0.2) is 0 Å². The number of hydrogen-bond acceptors (Lipinski definition) is 4. The van der Waals surface area contributed by atoms with Crippen molar-refractivity contribution in [2.45, 2.75) is 39.8 Å². The molecule has 5 nitrogen and oxygen atoms in total. The Balaban J connectivity index is 2.43. The Hall–Kier alpha value is -1.36. The molecule has 0 radical (unpaired) electrons. The lowest BCUT2D eigenvalue weighted by atomic mass is 10.3. The van der Waals surface area contributed by atoms with Crippen LogP contribution in [0, 0.1) is 6.92 Å². The van der Waals surface area contributed by atoms with E-state index >= 15 is 0 Å². The maximum Gasteiger partial charge on any atom is 0.236 e. The van der Waals surface area contributed by atoms with E-state index in [1.807, 2.05) is 27.7 Å². The van der Waals surface area contributed by atoms with E-state index in [-0.39, 0.29) is 24.5 Å². The van der Waals surface area contributed by atoms with Crippen LogP contribution in [0.3, 0.4) is 0 Å². The maximum absolute atomic E-state index is 11.7. The normalized spacial score (nSPS) is 12.8. The average Bonchev–Trinajstić information content (AvgIpc) is 2.71. The van der Waals surface area contributed by atoms with Gasteiger partial charge >= 0.3 is 0 Å². The molecule has 17 heavy (non-hydrogen) atoms. The summed E-state index contributed by atoms with van der Waals surface area (Å²) in [7, 11) is 1.80. The Morgan fingerprint density at radius 2 is 2.18 bits per heavy atom. The zero-order valence-corrected chi connectivity index (χ0v) is 11.2. The van der Waals surface area contributed by atoms with Crippen LogP contribution < -0.4 is 5.32 Å². The van der Waals surface area contributed by atoms with Gasteiger partial charge in [-0.15, -0.1) is 0 Å². The largest absolute Gasteiger partial charge is 0.444 e. The number of aromatic nitrogens is 1. The van der Waals surface area contributed by atoms with Gasteiger partial charge in [-0.3, -0.25) is 10.1 Å². The molecule has 1 aromatic rings. The van der Waals surface area contributed by atoms with Crippen LogP contribution in [0.2, 0.25) is 0 Å². The van der Waals surface area contributed by atoms with Crippen molar-refractivity contribution in [1.82, 2.24) is 15.2 Å². The molecule has 1 unspecified atom stereocenters. The lowest BCUT2D eigenvalue weighted by molar-refractivity contribution is -0.130. The zero-order chi connectivity index (χ0) is 13.0. The molecule has 1 atom stereocenters. The third-order valence-corrected chi connectivity index (χ3v) is 2.74. The highest BCUT2D eigenvalue weighted by molar-refractivity contribution is 5.78. The van der Waals surface area contributed by atoms with Gasteiger partial charge in [-0.2, -0.15) is 0 Å². The molecule has 0 aliphatic rings. The van der Waals surface area contributed by atoms with Crippen LogP contribution in [-0.2, 0) is 4.79 Å². The molecule has 0 aliphatic carbocycles. The molecule has 1 rings (SSSR count). The van der Waals surface area contributed by atoms with Gasteiger partial charge in [-0.05, 0) is 27.7 Å². The summed E-state index contributed by atoms with van der Waals surface area (Å²) in [5.41, 5.74) is 0. The fourth-order valence-electron chi connectivity index (χ4n) is 1.31. The lowest BCUT2D eigenvalue weighted by Crippen LogP contribution is -2.40. The summed E-state index contributed by atoms with van der Waals surface area (Å²) in [4.78, 5) is 17.6. The molecule has 5 heteroatoms. The second kappa shape index (κ2) is 5.82. The standard InChI is InChI=1S/C12H21N3O2/c1-8(2)15(5)11(16)7-13-10(4)12-14-6-9(3)17-12/h6,8,10,13H,7H2,1-5H3. The second-order valence-electron chi connectivity index (χ2n) is 4.51. The summed E-state index contributed by atoms with van der Waals surface area (Å²) in [5.74, 6) is 1.46. The van der Waals surface area contributed by atoms with E-state index in [0.717, 1.165) is 5.76 Å². The Kier molecular flexibility index (Phi) is 4.69. The number of likely N-dealkylation sites (N-methyl/N-ethyl adjacent to an activating group) is 1. The molecule has 0 saturated carbocycles. The van der Waals surface area contributed by atoms with E-state index in [1.54, 1.807) is 18.1 Å². The lowest BCUT2D eigenvalue weighted by Gasteiger charge is -2.22. The van der Waals surface area contributed by atoms with Crippen LogP contribution >= 0.6 is 0 Å². The SMILES string of the molecule is Cc1cnc(C(C)NCC(=O)N(C)C(C)C)o1. The van der Waals surface area contributed by atoms with Gasteiger partial charge in [0.05, 0.1) is 18.8 Å². The number of oxazole rings is 1. The van der Waals surface area contributed by atoms with E-state index in [9.17, 15) is 4.79 Å². The molecule has 96 valence electrons. The molecule has 0 aliphatic heterocycles. The predicted octanol–water partition coefficient (Wildman–Crippen LogP) is 1.50. The Morgan fingerprint density at radius 3 is 2.65 bits per heavy atom. The fraction of sp³-hybridized carbons (Fsp3) is 0.667. The minimum Gasteiger partial charge on any atom is -0.444 e. The molecule has 1 amide bonds. The van der Waals surface area contributed by atoms with Crippen molar-refractivity contribution in [3.05, 3.63) is 17.8 Å². The fourth-order valence-corrected chi connectivity index (χ4v) is 1.31. The molecule has 1 N–H and O–H groups in total. The van der Waals surface area contributed by atoms with Crippen LogP contribution in [0.1, 0.15) is 38.5 Å². The smallest absolute Gasteiger partial charge is 0.236 e. The van der Waals surface area contributed by atoms with Gasteiger partial charge in [-0.25, -0.2) is 4.98 Å². The molecule has 1 heterocycles. The first-order valence-electron chi connectivity index (χ1n) is 5.83. The maximum atomic E-state index is 11.7. The topological polar surface area (TPSA) is 58.4 Å². The van der Waals surface area contributed by atoms with Crippen molar-refractivity contribution >= 4 is 5.91 Å². The third kappa shape index (κ3) is 3.85. The summed E-state index contributed by atoms with van der Waals surface area (Å²) in [6, 6.07) is 0.150. The molecule has 1 aromatic heterocycles. The quantitative estimate of drug-likeness (QED) is 0.846. The molecule has 0 bridgehead atoms. The Morgan fingerprint density at radius 1 is 1.53 bits per heavy atom. The van der Waals surface area contributed by atoms with Gasteiger partial charge in [0.2, 0.25) is 11.8 Å². The Labute approximate surface area is 102 Å². The van der Waals surface area contributed by atoms with Crippen molar-refractivity contribution in [2.24, 2.45) is 0 Å². The molecule has 0 saturated heterocycles. The highest BCUT2D eigenvalue weighted by atomic mass is 16.4. The van der Waals surface area contributed by atoms with Crippen molar-refractivity contribution in [1.29, 1.82) is 0 Å². The Bertz CT molecular complexity index is 374. The molecule has 0 fully saturated rings. The number of rotatable bonds is 5. The summed E-state index contributed by atoms with van der Waals surface area (Å²) >= 11 is 0. The number of carbonyl (C=O) groups excluding carboxylic acids is 1. The monoisotopic (exact) mass is 239 g/mol. The minimum absolute atomic E-state index is 0.0618. The van der Waals surface area contributed by atoms with E-state index in [4.69, 9.17) is 4.42 Å². The van der Waals surface area contributed by atoms with Crippen molar-refractivity contribution in [2.75, 3.05) is 13.6 Å². The highest BCUT2D eigenvalue weighted by Crippen LogP contribution is 2.11. The van der Waals surface area contributed by atoms with Crippen LogP contribution in [0.4, 0.5) is 0 Å². The molecule has 0 aromatic carbocycles.